The van der Waals surface area contributed by atoms with Gasteiger partial charge in [0.25, 0.3) is 0 Å². The van der Waals surface area contributed by atoms with Crippen molar-refractivity contribution in [3.63, 3.8) is 0 Å². The second-order valence-corrected chi connectivity index (χ2v) is 4.53. The predicted molar refractivity (Wildman–Crippen MR) is 71.3 cm³/mol. The van der Waals surface area contributed by atoms with Crippen molar-refractivity contribution in [1.82, 2.24) is 24.6 Å². The molecule has 2 aromatic heterocycles. The standard InChI is InChI=1S/C13H21N5/c1-4-6-14-8-12-5-7-18(11(12)2)9-13-15-10-16-17(13)3/h5,7,10,14H,4,6,8-9H2,1-3H3. The van der Waals surface area contributed by atoms with Crippen LogP contribution in [0.2, 0.25) is 0 Å². The lowest BCUT2D eigenvalue weighted by Crippen LogP contribution is -2.14. The number of nitrogens with one attached hydrogen (secondary N) is 1. The molecule has 0 amide bonds. The molecule has 0 bridgehead atoms. The van der Waals surface area contributed by atoms with Gasteiger partial charge in [-0.25, -0.2) is 4.98 Å². The van der Waals surface area contributed by atoms with E-state index in [9.17, 15) is 0 Å². The average Bonchev–Trinajstić information content (AvgIpc) is 2.90. The van der Waals surface area contributed by atoms with Crippen LogP contribution in [-0.2, 0) is 20.1 Å². The monoisotopic (exact) mass is 247 g/mol. The summed E-state index contributed by atoms with van der Waals surface area (Å²) in [5.41, 5.74) is 2.65. The fourth-order valence-electron chi connectivity index (χ4n) is 1.97. The lowest BCUT2D eigenvalue weighted by Gasteiger charge is -2.07. The molecule has 2 heterocycles. The van der Waals surface area contributed by atoms with Gasteiger partial charge in [0.2, 0.25) is 0 Å². The minimum atomic E-state index is 0.774. The molecule has 0 unspecified atom stereocenters. The Hall–Kier alpha value is -1.62. The van der Waals surface area contributed by atoms with Gasteiger partial charge in [0.05, 0.1) is 6.54 Å². The lowest BCUT2D eigenvalue weighted by atomic mass is 10.2. The molecule has 2 rings (SSSR count). The number of aryl methyl sites for hydroxylation is 1. The Morgan fingerprint density at radius 2 is 2.22 bits per heavy atom. The van der Waals surface area contributed by atoms with Crippen molar-refractivity contribution in [1.29, 1.82) is 0 Å². The summed E-state index contributed by atoms with van der Waals surface area (Å²) in [5, 5.41) is 7.52. The summed E-state index contributed by atoms with van der Waals surface area (Å²) in [5.74, 6) is 0.974. The lowest BCUT2D eigenvalue weighted by molar-refractivity contribution is 0.638. The predicted octanol–water partition coefficient (Wildman–Crippen LogP) is 1.47. The molecular weight excluding hydrogens is 226 g/mol. The fourth-order valence-corrected chi connectivity index (χ4v) is 1.97. The van der Waals surface area contributed by atoms with E-state index >= 15 is 0 Å². The number of hydrogen-bond donors (Lipinski definition) is 1. The van der Waals surface area contributed by atoms with Gasteiger partial charge in [-0.1, -0.05) is 6.92 Å². The van der Waals surface area contributed by atoms with Gasteiger partial charge >= 0.3 is 0 Å². The van der Waals surface area contributed by atoms with Gasteiger partial charge in [0.1, 0.15) is 12.2 Å². The Bertz CT molecular complexity index is 497. The van der Waals surface area contributed by atoms with Crippen molar-refractivity contribution in [3.8, 4) is 0 Å². The molecule has 1 N–H and O–H groups in total. The van der Waals surface area contributed by atoms with Crippen molar-refractivity contribution >= 4 is 0 Å². The van der Waals surface area contributed by atoms with Gasteiger partial charge in [-0.15, -0.1) is 0 Å². The molecule has 0 saturated carbocycles. The molecule has 0 aliphatic carbocycles. The number of aromatic nitrogens is 4. The Labute approximate surface area is 108 Å². The van der Waals surface area contributed by atoms with E-state index in [-0.39, 0.29) is 0 Å². The van der Waals surface area contributed by atoms with Gasteiger partial charge < -0.3 is 9.88 Å². The van der Waals surface area contributed by atoms with Gasteiger partial charge in [-0.3, -0.25) is 4.68 Å². The van der Waals surface area contributed by atoms with Crippen LogP contribution >= 0.6 is 0 Å². The normalized spacial score (nSPS) is 11.1. The van der Waals surface area contributed by atoms with Crippen LogP contribution in [0.25, 0.3) is 0 Å². The number of hydrogen-bond acceptors (Lipinski definition) is 3. The van der Waals surface area contributed by atoms with Crippen LogP contribution in [-0.4, -0.2) is 25.9 Å². The molecular formula is C13H21N5. The van der Waals surface area contributed by atoms with E-state index in [1.807, 2.05) is 11.7 Å². The molecule has 0 aliphatic heterocycles. The zero-order chi connectivity index (χ0) is 13.0. The summed E-state index contributed by atoms with van der Waals surface area (Å²) >= 11 is 0. The summed E-state index contributed by atoms with van der Waals surface area (Å²) in [6.45, 7) is 7.11. The maximum atomic E-state index is 4.25. The molecule has 18 heavy (non-hydrogen) atoms. The Morgan fingerprint density at radius 1 is 1.39 bits per heavy atom. The third-order valence-corrected chi connectivity index (χ3v) is 3.21. The van der Waals surface area contributed by atoms with E-state index in [0.717, 1.165) is 25.5 Å². The first kappa shape index (κ1) is 12.8. The van der Waals surface area contributed by atoms with E-state index < -0.39 is 0 Å². The Balaban J connectivity index is 2.04. The van der Waals surface area contributed by atoms with E-state index in [0.29, 0.717) is 0 Å². The Morgan fingerprint density at radius 3 is 2.89 bits per heavy atom. The van der Waals surface area contributed by atoms with E-state index in [1.54, 1.807) is 6.33 Å². The minimum absolute atomic E-state index is 0.774. The maximum Gasteiger partial charge on any atom is 0.146 e. The topological polar surface area (TPSA) is 47.7 Å². The van der Waals surface area contributed by atoms with E-state index in [2.05, 4.69) is 46.1 Å². The molecule has 0 radical (unpaired) electrons. The zero-order valence-corrected chi connectivity index (χ0v) is 11.3. The van der Waals surface area contributed by atoms with Gasteiger partial charge in [0, 0.05) is 25.5 Å². The van der Waals surface area contributed by atoms with Crippen molar-refractivity contribution < 1.29 is 0 Å². The summed E-state index contributed by atoms with van der Waals surface area (Å²) in [7, 11) is 1.92. The molecule has 2 aromatic rings. The number of nitrogens with zero attached hydrogens (tertiary/aromatic N) is 4. The number of rotatable bonds is 6. The first-order valence-electron chi connectivity index (χ1n) is 6.40. The van der Waals surface area contributed by atoms with Crippen LogP contribution in [0.1, 0.15) is 30.4 Å². The highest BCUT2D eigenvalue weighted by Crippen LogP contribution is 2.11. The maximum absolute atomic E-state index is 4.25. The largest absolute Gasteiger partial charge is 0.344 e. The van der Waals surface area contributed by atoms with Crippen LogP contribution in [0.15, 0.2) is 18.6 Å². The molecule has 0 atom stereocenters. The average molecular weight is 247 g/mol. The van der Waals surface area contributed by atoms with Crippen molar-refractivity contribution in [2.45, 2.75) is 33.4 Å². The second-order valence-electron chi connectivity index (χ2n) is 4.53. The third-order valence-electron chi connectivity index (χ3n) is 3.21. The zero-order valence-electron chi connectivity index (χ0n) is 11.3. The van der Waals surface area contributed by atoms with Gasteiger partial charge in [-0.2, -0.15) is 5.10 Å². The van der Waals surface area contributed by atoms with Gasteiger partial charge in [-0.05, 0) is 31.5 Å². The molecule has 5 nitrogen and oxygen atoms in total. The SMILES string of the molecule is CCCNCc1ccn(Cc2ncnn2C)c1C. The third kappa shape index (κ3) is 2.79. The second kappa shape index (κ2) is 5.82. The highest BCUT2D eigenvalue weighted by atomic mass is 15.3. The molecule has 0 aromatic carbocycles. The highest BCUT2D eigenvalue weighted by Gasteiger charge is 2.07. The molecule has 5 heteroatoms. The van der Waals surface area contributed by atoms with Crippen LogP contribution in [0.4, 0.5) is 0 Å². The first-order valence-corrected chi connectivity index (χ1v) is 6.40. The van der Waals surface area contributed by atoms with Crippen molar-refractivity contribution in [3.05, 3.63) is 35.7 Å². The quantitative estimate of drug-likeness (QED) is 0.786. The van der Waals surface area contributed by atoms with Crippen LogP contribution in [0.5, 0.6) is 0 Å². The van der Waals surface area contributed by atoms with Gasteiger partial charge in [0.15, 0.2) is 0 Å². The highest BCUT2D eigenvalue weighted by molar-refractivity contribution is 5.21. The van der Waals surface area contributed by atoms with Crippen molar-refractivity contribution in [2.75, 3.05) is 6.54 Å². The summed E-state index contributed by atoms with van der Waals surface area (Å²) < 4.78 is 4.03. The summed E-state index contributed by atoms with van der Waals surface area (Å²) in [4.78, 5) is 4.25. The molecule has 0 aliphatic rings. The summed E-state index contributed by atoms with van der Waals surface area (Å²) in [6, 6.07) is 2.17. The fraction of sp³-hybridized carbons (Fsp3) is 0.538. The van der Waals surface area contributed by atoms with Crippen molar-refractivity contribution in [2.24, 2.45) is 7.05 Å². The molecule has 0 saturated heterocycles. The van der Waals surface area contributed by atoms with Crippen LogP contribution in [0.3, 0.4) is 0 Å². The molecule has 98 valence electrons. The first-order chi connectivity index (χ1) is 8.72. The van der Waals surface area contributed by atoms with E-state index in [4.69, 9.17) is 0 Å². The molecule has 0 fully saturated rings. The van der Waals surface area contributed by atoms with Crippen LogP contribution < -0.4 is 5.32 Å². The summed E-state index contributed by atoms with van der Waals surface area (Å²) in [6.07, 6.45) is 4.88. The molecule has 0 spiro atoms. The minimum Gasteiger partial charge on any atom is -0.344 e. The van der Waals surface area contributed by atoms with E-state index in [1.165, 1.54) is 17.7 Å². The van der Waals surface area contributed by atoms with Crippen LogP contribution in [0, 0.1) is 6.92 Å². The smallest absolute Gasteiger partial charge is 0.146 e. The Kier molecular flexibility index (Phi) is 4.15.